The lowest BCUT2D eigenvalue weighted by Gasteiger charge is -1.95. The summed E-state index contributed by atoms with van der Waals surface area (Å²) in [7, 11) is 1.88. The van der Waals surface area contributed by atoms with E-state index in [1.807, 2.05) is 11.6 Å². The average Bonchev–Trinajstić information content (AvgIpc) is 2.94. The number of nitrogens with zero attached hydrogens (tertiary/aromatic N) is 4. The predicted octanol–water partition coefficient (Wildman–Crippen LogP) is 0.952. The van der Waals surface area contributed by atoms with Gasteiger partial charge < -0.3 is 5.11 Å². The zero-order valence-electron chi connectivity index (χ0n) is 9.14. The molecule has 2 aromatic heterocycles. The third-order valence-electron chi connectivity index (χ3n) is 3.05. The Hall–Kier alpha value is -1.85. The van der Waals surface area contributed by atoms with Crippen molar-refractivity contribution in [3.63, 3.8) is 0 Å². The molecule has 1 aliphatic rings. The summed E-state index contributed by atoms with van der Waals surface area (Å²) in [6.45, 7) is 1.73. The number of imidazole rings is 1. The number of hydrogen-bond acceptors (Lipinski definition) is 3. The van der Waals surface area contributed by atoms with Crippen molar-refractivity contribution in [2.45, 2.75) is 25.7 Å². The minimum absolute atomic E-state index is 0.0837. The molecule has 0 saturated heterocycles. The van der Waals surface area contributed by atoms with Crippen LogP contribution in [0.4, 0.5) is 0 Å². The van der Waals surface area contributed by atoms with Gasteiger partial charge in [0.2, 0.25) is 5.78 Å². The van der Waals surface area contributed by atoms with Crippen LogP contribution in [0.3, 0.4) is 0 Å². The number of carbonyl (C=O) groups is 1. The summed E-state index contributed by atoms with van der Waals surface area (Å²) in [6, 6.07) is 0. The summed E-state index contributed by atoms with van der Waals surface area (Å²) >= 11 is 0. The number of carboxylic acid groups (broad SMARTS) is 1. The van der Waals surface area contributed by atoms with Crippen LogP contribution in [-0.4, -0.2) is 30.2 Å². The van der Waals surface area contributed by atoms with Gasteiger partial charge in [-0.1, -0.05) is 0 Å². The molecule has 1 fully saturated rings. The second-order valence-corrected chi connectivity index (χ2v) is 4.25. The number of carboxylic acids is 1. The molecule has 1 aliphatic carbocycles. The smallest absolute Gasteiger partial charge is 0.356 e. The third kappa shape index (κ3) is 1.09. The molecule has 16 heavy (non-hydrogen) atoms. The average molecular weight is 220 g/mol. The first-order chi connectivity index (χ1) is 7.59. The highest BCUT2D eigenvalue weighted by atomic mass is 16.4. The Balaban J connectivity index is 2.25. The van der Waals surface area contributed by atoms with Crippen molar-refractivity contribution in [3.05, 3.63) is 17.2 Å². The molecule has 2 aromatic rings. The Morgan fingerprint density at radius 2 is 2.19 bits per heavy atom. The molecule has 0 unspecified atom stereocenters. The molecule has 0 aliphatic heterocycles. The molecule has 0 atom stereocenters. The van der Waals surface area contributed by atoms with E-state index in [0.717, 1.165) is 5.82 Å². The first-order valence-corrected chi connectivity index (χ1v) is 5.25. The standard InChI is InChI=1S/C10H12N4O2/c1-5-7(9(15)16)11-10-13(2)8(6-3-4-6)12-14(5)10/h6H,3-4H2,1-2H3,(H,15,16). The second-order valence-electron chi connectivity index (χ2n) is 4.25. The van der Waals surface area contributed by atoms with Gasteiger partial charge in [-0.2, -0.15) is 5.10 Å². The van der Waals surface area contributed by atoms with Crippen molar-refractivity contribution in [3.8, 4) is 0 Å². The highest BCUT2D eigenvalue weighted by Crippen LogP contribution is 2.39. The summed E-state index contributed by atoms with van der Waals surface area (Å²) in [5.41, 5.74) is 0.672. The zero-order chi connectivity index (χ0) is 11.4. The van der Waals surface area contributed by atoms with E-state index in [1.165, 1.54) is 12.8 Å². The lowest BCUT2D eigenvalue weighted by Crippen LogP contribution is -2.02. The van der Waals surface area contributed by atoms with Crippen LogP contribution in [-0.2, 0) is 7.05 Å². The topological polar surface area (TPSA) is 72.4 Å². The molecule has 84 valence electrons. The van der Waals surface area contributed by atoms with Gasteiger partial charge in [-0.05, 0) is 19.8 Å². The molecule has 2 heterocycles. The van der Waals surface area contributed by atoms with Crippen LogP contribution in [0.5, 0.6) is 0 Å². The maximum Gasteiger partial charge on any atom is 0.356 e. The first kappa shape index (κ1) is 9.38. The van der Waals surface area contributed by atoms with Crippen molar-refractivity contribution in [2.75, 3.05) is 0 Å². The van der Waals surface area contributed by atoms with Crippen LogP contribution in [0.1, 0.15) is 40.8 Å². The molecule has 1 saturated carbocycles. The molecule has 6 heteroatoms. The lowest BCUT2D eigenvalue weighted by molar-refractivity contribution is 0.0690. The Morgan fingerprint density at radius 1 is 1.50 bits per heavy atom. The molecule has 1 N–H and O–H groups in total. The zero-order valence-corrected chi connectivity index (χ0v) is 9.14. The van der Waals surface area contributed by atoms with Gasteiger partial charge in [-0.25, -0.2) is 14.3 Å². The number of rotatable bonds is 2. The number of aryl methyl sites for hydroxylation is 2. The summed E-state index contributed by atoms with van der Waals surface area (Å²) in [6.07, 6.45) is 2.33. The number of hydrogen-bond donors (Lipinski definition) is 1. The predicted molar refractivity (Wildman–Crippen MR) is 55.6 cm³/mol. The Morgan fingerprint density at radius 3 is 2.69 bits per heavy atom. The fraction of sp³-hybridized carbons (Fsp3) is 0.500. The van der Waals surface area contributed by atoms with Gasteiger partial charge in [-0.15, -0.1) is 0 Å². The summed E-state index contributed by atoms with van der Waals surface area (Å²) in [5.74, 6) is 1.13. The van der Waals surface area contributed by atoms with Crippen molar-refractivity contribution >= 4 is 11.7 Å². The van der Waals surface area contributed by atoms with E-state index in [2.05, 4.69) is 10.1 Å². The maximum atomic E-state index is 10.9. The van der Waals surface area contributed by atoms with Crippen molar-refractivity contribution in [1.82, 2.24) is 19.2 Å². The van der Waals surface area contributed by atoms with E-state index >= 15 is 0 Å². The van der Waals surface area contributed by atoms with Crippen LogP contribution < -0.4 is 0 Å². The van der Waals surface area contributed by atoms with Gasteiger partial charge in [0.1, 0.15) is 5.82 Å². The van der Waals surface area contributed by atoms with E-state index in [4.69, 9.17) is 5.11 Å². The number of aromatic carboxylic acids is 1. The van der Waals surface area contributed by atoms with Gasteiger partial charge in [-0.3, -0.25) is 4.57 Å². The monoisotopic (exact) mass is 220 g/mol. The van der Waals surface area contributed by atoms with Gasteiger partial charge in [0.15, 0.2) is 5.69 Å². The van der Waals surface area contributed by atoms with Crippen LogP contribution in [0.2, 0.25) is 0 Å². The second kappa shape index (κ2) is 2.84. The number of aromatic nitrogens is 4. The minimum Gasteiger partial charge on any atom is -0.476 e. The fourth-order valence-corrected chi connectivity index (χ4v) is 1.99. The van der Waals surface area contributed by atoms with Crippen molar-refractivity contribution in [1.29, 1.82) is 0 Å². The first-order valence-electron chi connectivity index (χ1n) is 5.25. The SMILES string of the molecule is Cc1c(C(=O)O)nc2n(C)c(C3CC3)nn12. The molecular weight excluding hydrogens is 208 g/mol. The molecule has 0 aromatic carbocycles. The third-order valence-corrected chi connectivity index (χ3v) is 3.05. The summed E-state index contributed by atoms with van der Waals surface area (Å²) in [4.78, 5) is 15.0. The Bertz CT molecular complexity index is 591. The van der Waals surface area contributed by atoms with Crippen LogP contribution in [0.25, 0.3) is 5.78 Å². The number of fused-ring (bicyclic) bond motifs is 1. The van der Waals surface area contributed by atoms with Gasteiger partial charge in [0.25, 0.3) is 0 Å². The Kier molecular flexibility index (Phi) is 1.66. The molecule has 0 spiro atoms. The van der Waals surface area contributed by atoms with Crippen LogP contribution in [0.15, 0.2) is 0 Å². The van der Waals surface area contributed by atoms with E-state index in [0.29, 0.717) is 17.4 Å². The van der Waals surface area contributed by atoms with E-state index < -0.39 is 5.97 Å². The largest absolute Gasteiger partial charge is 0.476 e. The molecule has 0 bridgehead atoms. The molecule has 0 amide bonds. The van der Waals surface area contributed by atoms with E-state index in [1.54, 1.807) is 11.4 Å². The van der Waals surface area contributed by atoms with Gasteiger partial charge in [0.05, 0.1) is 5.69 Å². The minimum atomic E-state index is -1.00. The quantitative estimate of drug-likeness (QED) is 0.817. The fourth-order valence-electron chi connectivity index (χ4n) is 1.99. The van der Waals surface area contributed by atoms with Crippen LogP contribution in [0, 0.1) is 6.92 Å². The van der Waals surface area contributed by atoms with Gasteiger partial charge in [0, 0.05) is 13.0 Å². The molecular formula is C10H12N4O2. The highest BCUT2D eigenvalue weighted by molar-refractivity contribution is 5.87. The maximum absolute atomic E-state index is 10.9. The molecule has 0 radical (unpaired) electrons. The highest BCUT2D eigenvalue weighted by Gasteiger charge is 2.30. The summed E-state index contributed by atoms with van der Waals surface area (Å²) < 4.78 is 3.51. The van der Waals surface area contributed by atoms with Crippen molar-refractivity contribution < 1.29 is 9.90 Å². The summed E-state index contributed by atoms with van der Waals surface area (Å²) in [5, 5.41) is 13.4. The van der Waals surface area contributed by atoms with Crippen molar-refractivity contribution in [2.24, 2.45) is 7.05 Å². The van der Waals surface area contributed by atoms with Gasteiger partial charge >= 0.3 is 5.97 Å². The lowest BCUT2D eigenvalue weighted by atomic mass is 10.3. The molecule has 3 rings (SSSR count). The Labute approximate surface area is 91.5 Å². The molecule has 6 nitrogen and oxygen atoms in total. The van der Waals surface area contributed by atoms with Crippen LogP contribution >= 0.6 is 0 Å². The van der Waals surface area contributed by atoms with E-state index in [9.17, 15) is 4.79 Å². The van der Waals surface area contributed by atoms with E-state index in [-0.39, 0.29) is 5.69 Å². The normalized spacial score (nSPS) is 15.9.